The third-order valence-electron chi connectivity index (χ3n) is 2.70. The minimum absolute atomic E-state index is 0.194. The van der Waals surface area contributed by atoms with Gasteiger partial charge in [-0.15, -0.1) is 0 Å². The molecule has 0 aliphatic carbocycles. The van der Waals surface area contributed by atoms with Gasteiger partial charge in [0.25, 0.3) is 0 Å². The van der Waals surface area contributed by atoms with Gasteiger partial charge in [0.05, 0.1) is 22.6 Å². The summed E-state index contributed by atoms with van der Waals surface area (Å²) in [6.07, 6.45) is 0. The molecule has 0 spiro atoms. The maximum atomic E-state index is 13.6. The quantitative estimate of drug-likeness (QED) is 0.851. The van der Waals surface area contributed by atoms with E-state index in [0.717, 1.165) is 6.07 Å². The molecule has 0 unspecified atom stereocenters. The molecule has 0 bridgehead atoms. The van der Waals surface area contributed by atoms with Gasteiger partial charge in [0.1, 0.15) is 11.9 Å². The smallest absolute Gasteiger partial charge is 0.182 e. The van der Waals surface area contributed by atoms with Crippen LogP contribution in [0.15, 0.2) is 18.2 Å². The van der Waals surface area contributed by atoms with Gasteiger partial charge in [-0.05, 0) is 19.9 Å². The predicted molar refractivity (Wildman–Crippen MR) is 68.0 cm³/mol. The Kier molecular flexibility index (Phi) is 3.61. The van der Waals surface area contributed by atoms with Crippen molar-refractivity contribution in [3.8, 4) is 6.07 Å². The monoisotopic (exact) mass is 277 g/mol. The fraction of sp³-hybridized carbons (Fsp3) is 0.143. The van der Waals surface area contributed by atoms with Crippen molar-refractivity contribution >= 4 is 11.4 Å². The molecule has 2 aromatic rings. The van der Waals surface area contributed by atoms with Gasteiger partial charge in [0.2, 0.25) is 0 Å². The summed E-state index contributed by atoms with van der Waals surface area (Å²) in [7, 11) is 0. The number of nitrogens with zero attached hydrogens (tertiary/aromatic N) is 2. The highest BCUT2D eigenvalue weighted by Gasteiger charge is 2.14. The first-order chi connectivity index (χ1) is 9.42. The van der Waals surface area contributed by atoms with E-state index in [1.54, 1.807) is 13.8 Å². The number of aryl methyl sites for hydroxylation is 2. The SMILES string of the molecule is Cc1cc(Nc2cc(F)cc(F)c2F)c(C#N)c(C)n1. The van der Waals surface area contributed by atoms with Crippen LogP contribution in [0.4, 0.5) is 24.5 Å². The summed E-state index contributed by atoms with van der Waals surface area (Å²) >= 11 is 0. The highest BCUT2D eigenvalue weighted by atomic mass is 19.2. The van der Waals surface area contributed by atoms with E-state index in [2.05, 4.69) is 10.3 Å². The summed E-state index contributed by atoms with van der Waals surface area (Å²) in [6.45, 7) is 3.32. The average molecular weight is 277 g/mol. The van der Waals surface area contributed by atoms with E-state index in [0.29, 0.717) is 17.5 Å². The lowest BCUT2D eigenvalue weighted by atomic mass is 10.1. The lowest BCUT2D eigenvalue weighted by Gasteiger charge is -2.12. The number of aromatic nitrogens is 1. The number of halogens is 3. The fourth-order valence-corrected chi connectivity index (χ4v) is 1.86. The van der Waals surface area contributed by atoms with Gasteiger partial charge in [-0.1, -0.05) is 0 Å². The number of nitrogens with one attached hydrogen (secondary N) is 1. The lowest BCUT2D eigenvalue weighted by Crippen LogP contribution is -2.02. The molecular weight excluding hydrogens is 267 g/mol. The number of benzene rings is 1. The average Bonchev–Trinajstić information content (AvgIpc) is 2.35. The Morgan fingerprint density at radius 2 is 1.80 bits per heavy atom. The van der Waals surface area contributed by atoms with Gasteiger partial charge in [0.15, 0.2) is 11.6 Å². The first-order valence-electron chi connectivity index (χ1n) is 5.72. The van der Waals surface area contributed by atoms with Crippen molar-refractivity contribution in [3.05, 3.63) is 52.6 Å². The zero-order valence-corrected chi connectivity index (χ0v) is 10.8. The topological polar surface area (TPSA) is 48.7 Å². The molecule has 0 atom stereocenters. The second-order valence-electron chi connectivity index (χ2n) is 4.26. The molecule has 0 radical (unpaired) electrons. The van der Waals surface area contributed by atoms with Crippen molar-refractivity contribution in [1.82, 2.24) is 4.98 Å². The Labute approximate surface area is 113 Å². The summed E-state index contributed by atoms with van der Waals surface area (Å²) in [5, 5.41) is 11.6. The van der Waals surface area contributed by atoms with Crippen LogP contribution in [0.5, 0.6) is 0 Å². The molecule has 0 aliphatic rings. The number of nitriles is 1. The van der Waals surface area contributed by atoms with Crippen molar-refractivity contribution < 1.29 is 13.2 Å². The van der Waals surface area contributed by atoms with Crippen LogP contribution in [0, 0.1) is 42.6 Å². The number of pyridine rings is 1. The Morgan fingerprint density at radius 1 is 1.10 bits per heavy atom. The highest BCUT2D eigenvalue weighted by molar-refractivity contribution is 5.68. The molecule has 1 heterocycles. The number of anilines is 2. The highest BCUT2D eigenvalue weighted by Crippen LogP contribution is 2.26. The number of rotatable bonds is 2. The van der Waals surface area contributed by atoms with E-state index in [1.165, 1.54) is 6.07 Å². The van der Waals surface area contributed by atoms with Gasteiger partial charge in [-0.25, -0.2) is 13.2 Å². The molecule has 1 aromatic heterocycles. The molecule has 0 fully saturated rings. The first-order valence-corrected chi connectivity index (χ1v) is 5.72. The predicted octanol–water partition coefficient (Wildman–Crippen LogP) is 3.73. The van der Waals surface area contributed by atoms with Crippen molar-refractivity contribution in [2.45, 2.75) is 13.8 Å². The van der Waals surface area contributed by atoms with Crippen LogP contribution < -0.4 is 5.32 Å². The molecule has 6 heteroatoms. The maximum Gasteiger partial charge on any atom is 0.182 e. The minimum atomic E-state index is -1.30. The molecule has 0 aliphatic heterocycles. The Balaban J connectivity index is 2.53. The summed E-state index contributed by atoms with van der Waals surface area (Å²) in [4.78, 5) is 4.10. The Bertz CT molecular complexity index is 721. The Hall–Kier alpha value is -2.55. The molecular formula is C14H10F3N3. The van der Waals surface area contributed by atoms with Crippen LogP contribution in [-0.2, 0) is 0 Å². The lowest BCUT2D eigenvalue weighted by molar-refractivity contribution is 0.498. The van der Waals surface area contributed by atoms with Crippen LogP contribution in [0.3, 0.4) is 0 Å². The van der Waals surface area contributed by atoms with E-state index >= 15 is 0 Å². The normalized spacial score (nSPS) is 10.2. The van der Waals surface area contributed by atoms with Crippen LogP contribution >= 0.6 is 0 Å². The zero-order valence-electron chi connectivity index (χ0n) is 10.8. The summed E-state index contributed by atoms with van der Waals surface area (Å²) in [5.74, 6) is -3.41. The number of hydrogen-bond donors (Lipinski definition) is 1. The number of hydrogen-bond acceptors (Lipinski definition) is 3. The fourth-order valence-electron chi connectivity index (χ4n) is 1.86. The Morgan fingerprint density at radius 3 is 2.45 bits per heavy atom. The molecule has 0 saturated carbocycles. The summed E-state index contributed by atoms with van der Waals surface area (Å²) in [5.41, 5.74) is 1.12. The van der Waals surface area contributed by atoms with Crippen LogP contribution in [0.1, 0.15) is 17.0 Å². The van der Waals surface area contributed by atoms with Gasteiger partial charge >= 0.3 is 0 Å². The van der Waals surface area contributed by atoms with E-state index < -0.39 is 17.5 Å². The summed E-state index contributed by atoms with van der Waals surface area (Å²) < 4.78 is 39.9. The second kappa shape index (κ2) is 5.21. The van der Waals surface area contributed by atoms with Gasteiger partial charge in [-0.3, -0.25) is 4.98 Å². The third kappa shape index (κ3) is 2.57. The van der Waals surface area contributed by atoms with Crippen molar-refractivity contribution in [2.24, 2.45) is 0 Å². The third-order valence-corrected chi connectivity index (χ3v) is 2.70. The molecule has 1 aromatic carbocycles. The standard InChI is InChI=1S/C14H10F3N3/c1-7-3-12(10(6-18)8(2)19-7)20-13-5-9(15)4-11(16)14(13)17/h3-5H,1-2H3,(H,19,20). The molecule has 2 rings (SSSR count). The van der Waals surface area contributed by atoms with Crippen LogP contribution in [0.25, 0.3) is 0 Å². The molecule has 3 nitrogen and oxygen atoms in total. The molecule has 0 amide bonds. The van der Waals surface area contributed by atoms with Crippen molar-refractivity contribution in [3.63, 3.8) is 0 Å². The second-order valence-corrected chi connectivity index (χ2v) is 4.26. The largest absolute Gasteiger partial charge is 0.352 e. The van der Waals surface area contributed by atoms with Crippen LogP contribution in [-0.4, -0.2) is 4.98 Å². The van der Waals surface area contributed by atoms with Gasteiger partial charge in [0, 0.05) is 17.8 Å². The van der Waals surface area contributed by atoms with E-state index in [1.807, 2.05) is 6.07 Å². The molecule has 102 valence electrons. The van der Waals surface area contributed by atoms with Crippen molar-refractivity contribution in [2.75, 3.05) is 5.32 Å². The molecule has 0 saturated heterocycles. The minimum Gasteiger partial charge on any atom is -0.352 e. The maximum absolute atomic E-state index is 13.6. The van der Waals surface area contributed by atoms with Crippen molar-refractivity contribution in [1.29, 1.82) is 5.26 Å². The zero-order chi connectivity index (χ0) is 14.9. The van der Waals surface area contributed by atoms with Crippen LogP contribution in [0.2, 0.25) is 0 Å². The molecule has 1 N–H and O–H groups in total. The first kappa shape index (κ1) is 13.9. The van der Waals surface area contributed by atoms with E-state index in [4.69, 9.17) is 5.26 Å². The van der Waals surface area contributed by atoms with E-state index in [9.17, 15) is 13.2 Å². The van der Waals surface area contributed by atoms with Gasteiger partial charge < -0.3 is 5.32 Å². The van der Waals surface area contributed by atoms with Gasteiger partial charge in [-0.2, -0.15) is 5.26 Å². The molecule has 20 heavy (non-hydrogen) atoms. The summed E-state index contributed by atoms with van der Waals surface area (Å²) in [6, 6.07) is 4.71. The van der Waals surface area contributed by atoms with E-state index in [-0.39, 0.29) is 16.9 Å².